The monoisotopic (exact) mass is 412 g/mol. The largest absolute Gasteiger partial charge is 0.445 e. The van der Waals surface area contributed by atoms with E-state index in [0.717, 1.165) is 10.9 Å². The van der Waals surface area contributed by atoms with Gasteiger partial charge < -0.3 is 14.7 Å². The molecule has 1 unspecified atom stereocenters. The van der Waals surface area contributed by atoms with Crippen molar-refractivity contribution in [3.63, 3.8) is 0 Å². The van der Waals surface area contributed by atoms with Crippen LogP contribution >= 0.6 is 0 Å². The van der Waals surface area contributed by atoms with Gasteiger partial charge in [-0.2, -0.15) is 0 Å². The number of carbonyl (C=O) groups is 2. The Balaban J connectivity index is 1.52. The van der Waals surface area contributed by atoms with E-state index in [-0.39, 0.29) is 11.3 Å². The summed E-state index contributed by atoms with van der Waals surface area (Å²) in [6.45, 7) is 0. The summed E-state index contributed by atoms with van der Waals surface area (Å²) in [4.78, 5) is 50.0. The second-order valence-corrected chi connectivity index (χ2v) is 7.01. The molecule has 2 aromatic carbocycles. The number of benzene rings is 2. The number of hydrogen-bond acceptors (Lipinski definition) is 5. The molecule has 0 bridgehead atoms. The number of esters is 1. The molecule has 3 heterocycles. The maximum Gasteiger partial charge on any atom is 0.340 e. The molecule has 0 aliphatic heterocycles. The predicted molar refractivity (Wildman–Crippen MR) is 114 cm³/mol. The SMILES string of the molecule is O=C(OC(C(=O)c1c[nH]c2ccccc12)c1ccccc1)c1cnc2[nH]c(=O)[nH]c2c1. The summed E-state index contributed by atoms with van der Waals surface area (Å²) < 4.78 is 5.67. The van der Waals surface area contributed by atoms with Gasteiger partial charge in [0.25, 0.3) is 0 Å². The lowest BCUT2D eigenvalue weighted by Gasteiger charge is -2.17. The number of H-pyrrole nitrogens is 3. The Kier molecular flexibility index (Phi) is 4.44. The fourth-order valence-corrected chi connectivity index (χ4v) is 3.52. The van der Waals surface area contributed by atoms with Crippen LogP contribution in [0.3, 0.4) is 0 Å². The number of hydrogen-bond donors (Lipinski definition) is 3. The zero-order chi connectivity index (χ0) is 21.4. The lowest BCUT2D eigenvalue weighted by Crippen LogP contribution is -2.20. The smallest absolute Gasteiger partial charge is 0.340 e. The zero-order valence-electron chi connectivity index (χ0n) is 16.1. The van der Waals surface area contributed by atoms with Gasteiger partial charge in [0.1, 0.15) is 0 Å². The van der Waals surface area contributed by atoms with Crippen LogP contribution in [-0.4, -0.2) is 31.7 Å². The lowest BCUT2D eigenvalue weighted by atomic mass is 9.99. The fraction of sp³-hybridized carbons (Fsp3) is 0.0435. The van der Waals surface area contributed by atoms with Gasteiger partial charge in [-0.25, -0.2) is 14.6 Å². The van der Waals surface area contributed by atoms with Crippen LogP contribution < -0.4 is 5.69 Å². The molecule has 1 atom stereocenters. The van der Waals surface area contributed by atoms with Crippen molar-refractivity contribution >= 4 is 33.8 Å². The molecule has 5 rings (SSSR count). The Hall–Kier alpha value is -4.46. The molecular weight excluding hydrogens is 396 g/mol. The number of fused-ring (bicyclic) bond motifs is 2. The van der Waals surface area contributed by atoms with E-state index in [1.54, 1.807) is 30.5 Å². The molecule has 8 nitrogen and oxygen atoms in total. The molecule has 0 spiro atoms. The highest BCUT2D eigenvalue weighted by molar-refractivity contribution is 6.11. The number of para-hydroxylation sites is 1. The van der Waals surface area contributed by atoms with Crippen LogP contribution in [0.1, 0.15) is 32.4 Å². The van der Waals surface area contributed by atoms with Crippen molar-refractivity contribution in [2.24, 2.45) is 0 Å². The van der Waals surface area contributed by atoms with Crippen LogP contribution in [0.15, 0.2) is 77.9 Å². The third-order valence-electron chi connectivity index (χ3n) is 5.02. The molecule has 3 N–H and O–H groups in total. The zero-order valence-corrected chi connectivity index (χ0v) is 16.1. The Morgan fingerprint density at radius 2 is 1.71 bits per heavy atom. The lowest BCUT2D eigenvalue weighted by molar-refractivity contribution is 0.0280. The van der Waals surface area contributed by atoms with Crippen molar-refractivity contribution in [3.8, 4) is 0 Å². The molecule has 0 saturated heterocycles. The van der Waals surface area contributed by atoms with E-state index >= 15 is 0 Å². The molecule has 0 aliphatic carbocycles. The van der Waals surface area contributed by atoms with E-state index in [1.165, 1.54) is 12.3 Å². The Bertz CT molecular complexity index is 1480. The Labute approximate surface area is 174 Å². The normalized spacial score (nSPS) is 12.1. The van der Waals surface area contributed by atoms with Gasteiger partial charge >= 0.3 is 11.7 Å². The van der Waals surface area contributed by atoms with Crippen molar-refractivity contribution in [1.82, 2.24) is 19.9 Å². The molecule has 0 radical (unpaired) electrons. The first-order valence-electron chi connectivity index (χ1n) is 9.54. The van der Waals surface area contributed by atoms with Crippen LogP contribution in [0.25, 0.3) is 22.1 Å². The topological polar surface area (TPSA) is 121 Å². The van der Waals surface area contributed by atoms with E-state index in [0.29, 0.717) is 22.3 Å². The minimum atomic E-state index is -1.14. The van der Waals surface area contributed by atoms with Crippen LogP contribution in [0, 0.1) is 0 Å². The van der Waals surface area contributed by atoms with Crippen molar-refractivity contribution in [3.05, 3.63) is 100 Å². The highest BCUT2D eigenvalue weighted by Crippen LogP contribution is 2.28. The van der Waals surface area contributed by atoms with Gasteiger partial charge in [0.15, 0.2) is 11.8 Å². The first-order valence-corrected chi connectivity index (χ1v) is 9.54. The van der Waals surface area contributed by atoms with Gasteiger partial charge in [-0.05, 0) is 12.1 Å². The molecule has 8 heteroatoms. The molecule has 0 saturated carbocycles. The molecule has 0 aliphatic rings. The summed E-state index contributed by atoms with van der Waals surface area (Å²) in [7, 11) is 0. The van der Waals surface area contributed by atoms with Gasteiger partial charge in [-0.15, -0.1) is 0 Å². The number of nitrogens with zero attached hydrogens (tertiary/aromatic N) is 1. The van der Waals surface area contributed by atoms with Crippen LogP contribution in [0.4, 0.5) is 0 Å². The second-order valence-electron chi connectivity index (χ2n) is 7.01. The number of imidazole rings is 1. The molecule has 5 aromatic rings. The van der Waals surface area contributed by atoms with Gasteiger partial charge in [-0.3, -0.25) is 9.78 Å². The van der Waals surface area contributed by atoms with Crippen molar-refractivity contribution in [1.29, 1.82) is 0 Å². The predicted octanol–water partition coefficient (Wildman–Crippen LogP) is 3.51. The van der Waals surface area contributed by atoms with E-state index in [9.17, 15) is 14.4 Å². The fourth-order valence-electron chi connectivity index (χ4n) is 3.52. The quantitative estimate of drug-likeness (QED) is 0.301. The summed E-state index contributed by atoms with van der Waals surface area (Å²) in [6, 6.07) is 17.7. The van der Waals surface area contributed by atoms with Crippen molar-refractivity contribution < 1.29 is 14.3 Å². The van der Waals surface area contributed by atoms with E-state index in [4.69, 9.17) is 4.74 Å². The van der Waals surface area contributed by atoms with Gasteiger partial charge in [0.2, 0.25) is 5.78 Å². The second kappa shape index (κ2) is 7.42. The third-order valence-corrected chi connectivity index (χ3v) is 5.02. The van der Waals surface area contributed by atoms with Crippen molar-refractivity contribution in [2.45, 2.75) is 6.10 Å². The average molecular weight is 412 g/mol. The number of carbonyl (C=O) groups excluding carboxylic acids is 2. The Morgan fingerprint density at radius 3 is 2.55 bits per heavy atom. The Morgan fingerprint density at radius 1 is 0.935 bits per heavy atom. The van der Waals surface area contributed by atoms with Crippen LogP contribution in [0.2, 0.25) is 0 Å². The summed E-state index contributed by atoms with van der Waals surface area (Å²) in [6.07, 6.45) is 1.77. The summed E-state index contributed by atoms with van der Waals surface area (Å²) in [5.74, 6) is -1.07. The highest BCUT2D eigenvalue weighted by atomic mass is 16.5. The maximum atomic E-state index is 13.4. The number of ether oxygens (including phenoxy) is 1. The van der Waals surface area contributed by atoms with Crippen molar-refractivity contribution in [2.75, 3.05) is 0 Å². The summed E-state index contributed by atoms with van der Waals surface area (Å²) in [5, 5.41) is 0.748. The number of rotatable bonds is 5. The number of nitrogens with one attached hydrogen (secondary N) is 3. The number of aromatic amines is 3. The minimum absolute atomic E-state index is 0.121. The van der Waals surface area contributed by atoms with Crippen LogP contribution in [-0.2, 0) is 4.74 Å². The number of Topliss-reactive ketones (excluding diaryl/α,β-unsaturated/α-hetero) is 1. The first-order chi connectivity index (χ1) is 15.1. The average Bonchev–Trinajstić information content (AvgIpc) is 3.39. The molecular formula is C23H16N4O4. The maximum absolute atomic E-state index is 13.4. The molecule has 152 valence electrons. The minimum Gasteiger partial charge on any atom is -0.445 e. The third kappa shape index (κ3) is 3.40. The standard InChI is InChI=1S/C23H16N4O4/c28-19(16-12-24-17-9-5-4-8-15(16)17)20(13-6-2-1-3-7-13)31-22(29)14-10-18-21(25-11-14)27-23(30)26-18/h1-12,20,24H,(H2,25,26,27,30). The number of aromatic nitrogens is 4. The van der Waals surface area contributed by atoms with E-state index in [2.05, 4.69) is 19.9 Å². The molecule has 3 aromatic heterocycles. The van der Waals surface area contributed by atoms with E-state index in [1.807, 2.05) is 30.3 Å². The molecule has 0 fully saturated rings. The van der Waals surface area contributed by atoms with Gasteiger partial charge in [-0.1, -0.05) is 48.5 Å². The van der Waals surface area contributed by atoms with Gasteiger partial charge in [0, 0.05) is 34.4 Å². The first kappa shape index (κ1) is 18.6. The summed E-state index contributed by atoms with van der Waals surface area (Å²) in [5.41, 5.74) is 2.20. The van der Waals surface area contributed by atoms with Crippen LogP contribution in [0.5, 0.6) is 0 Å². The molecule has 31 heavy (non-hydrogen) atoms. The number of pyridine rings is 1. The molecule has 0 amide bonds. The number of ketones is 1. The van der Waals surface area contributed by atoms with E-state index < -0.39 is 17.8 Å². The summed E-state index contributed by atoms with van der Waals surface area (Å²) >= 11 is 0. The highest BCUT2D eigenvalue weighted by Gasteiger charge is 2.28. The van der Waals surface area contributed by atoms with Gasteiger partial charge in [0.05, 0.1) is 11.1 Å².